The maximum Gasteiger partial charge on any atom is 0.223 e. The molecule has 0 radical (unpaired) electrons. The summed E-state index contributed by atoms with van der Waals surface area (Å²) in [6, 6.07) is 2.04. The Morgan fingerprint density at radius 1 is 1.27 bits per heavy atom. The lowest BCUT2D eigenvalue weighted by Crippen LogP contribution is -2.32. The standard InChI is InChI=1S/C17H29N5O3S/c1-7-26(24,25)21(6)11-15-18-14(9-16(19-15)20(4)5)13-8-17(23)22(10-13)12(2)3/h9,12-13H,7-8,10-11H2,1-6H3/t13-/m0/s1. The van der Waals surface area contributed by atoms with E-state index in [-0.39, 0.29) is 30.2 Å². The number of nitrogens with zero attached hydrogens (tertiary/aromatic N) is 5. The van der Waals surface area contributed by atoms with Crippen molar-refractivity contribution >= 4 is 21.7 Å². The number of carbonyl (C=O) groups excluding carboxylic acids is 1. The van der Waals surface area contributed by atoms with Crippen LogP contribution in [0.3, 0.4) is 0 Å². The zero-order chi connectivity index (χ0) is 19.6. The molecular formula is C17H29N5O3S. The molecule has 1 aliphatic rings. The number of rotatable bonds is 7. The second-order valence-corrected chi connectivity index (χ2v) is 9.52. The van der Waals surface area contributed by atoms with Crippen molar-refractivity contribution in [1.29, 1.82) is 0 Å². The monoisotopic (exact) mass is 383 g/mol. The Balaban J connectivity index is 2.33. The van der Waals surface area contributed by atoms with Crippen LogP contribution in [0.4, 0.5) is 5.82 Å². The van der Waals surface area contributed by atoms with Crippen LogP contribution in [0.5, 0.6) is 0 Å². The molecule has 2 heterocycles. The summed E-state index contributed by atoms with van der Waals surface area (Å²) in [5.74, 6) is 1.31. The highest BCUT2D eigenvalue weighted by atomic mass is 32.2. The van der Waals surface area contributed by atoms with E-state index >= 15 is 0 Å². The van der Waals surface area contributed by atoms with Crippen molar-refractivity contribution in [1.82, 2.24) is 19.2 Å². The first kappa shape index (κ1) is 20.6. The molecule has 1 fully saturated rings. The first-order chi connectivity index (χ1) is 12.0. The number of likely N-dealkylation sites (tertiary alicyclic amines) is 1. The SMILES string of the molecule is CCS(=O)(=O)N(C)Cc1nc([C@H]2CC(=O)N(C(C)C)C2)cc(N(C)C)n1. The minimum atomic E-state index is -3.31. The number of anilines is 1. The van der Waals surface area contributed by atoms with Crippen molar-refractivity contribution in [3.63, 3.8) is 0 Å². The van der Waals surface area contributed by atoms with E-state index in [1.54, 1.807) is 6.92 Å². The highest BCUT2D eigenvalue weighted by Gasteiger charge is 2.33. The second kappa shape index (κ2) is 7.87. The molecule has 0 aliphatic carbocycles. The maximum atomic E-state index is 12.2. The molecule has 0 spiro atoms. The highest BCUT2D eigenvalue weighted by Crippen LogP contribution is 2.30. The lowest BCUT2D eigenvalue weighted by Gasteiger charge is -2.22. The van der Waals surface area contributed by atoms with Crippen LogP contribution in [0.1, 0.15) is 44.6 Å². The normalized spacial score (nSPS) is 18.2. The van der Waals surface area contributed by atoms with Gasteiger partial charge in [-0.2, -0.15) is 4.31 Å². The molecule has 0 saturated carbocycles. The molecule has 26 heavy (non-hydrogen) atoms. The summed E-state index contributed by atoms with van der Waals surface area (Å²) < 4.78 is 25.3. The molecule has 2 rings (SSSR count). The van der Waals surface area contributed by atoms with Crippen molar-refractivity contribution in [3.8, 4) is 0 Å². The van der Waals surface area contributed by atoms with Gasteiger partial charge in [-0.3, -0.25) is 4.79 Å². The Kier molecular flexibility index (Phi) is 6.23. The van der Waals surface area contributed by atoms with E-state index in [9.17, 15) is 13.2 Å². The van der Waals surface area contributed by atoms with Gasteiger partial charge in [0, 0.05) is 52.1 Å². The number of hydrogen-bond donors (Lipinski definition) is 0. The second-order valence-electron chi connectivity index (χ2n) is 7.16. The summed E-state index contributed by atoms with van der Waals surface area (Å²) in [6.07, 6.45) is 0.421. The summed E-state index contributed by atoms with van der Waals surface area (Å²) in [6.45, 7) is 6.35. The molecule has 1 aromatic heterocycles. The fourth-order valence-corrected chi connectivity index (χ4v) is 3.71. The molecule has 8 nitrogen and oxygen atoms in total. The van der Waals surface area contributed by atoms with Crippen molar-refractivity contribution in [2.75, 3.05) is 38.3 Å². The van der Waals surface area contributed by atoms with Crippen molar-refractivity contribution in [2.45, 2.75) is 45.7 Å². The predicted molar refractivity (Wildman–Crippen MR) is 101 cm³/mol. The molecule has 0 N–H and O–H groups in total. The van der Waals surface area contributed by atoms with Gasteiger partial charge in [-0.1, -0.05) is 0 Å². The minimum absolute atomic E-state index is 0.00145. The average molecular weight is 384 g/mol. The van der Waals surface area contributed by atoms with Gasteiger partial charge in [0.05, 0.1) is 18.0 Å². The van der Waals surface area contributed by atoms with E-state index in [1.807, 2.05) is 43.8 Å². The molecule has 1 atom stereocenters. The Morgan fingerprint density at radius 3 is 2.42 bits per heavy atom. The average Bonchev–Trinajstić information content (AvgIpc) is 2.96. The van der Waals surface area contributed by atoms with Gasteiger partial charge >= 0.3 is 0 Å². The minimum Gasteiger partial charge on any atom is -0.363 e. The van der Waals surface area contributed by atoms with Crippen LogP contribution in [0, 0.1) is 0 Å². The van der Waals surface area contributed by atoms with Crippen LogP contribution in [-0.2, 0) is 21.4 Å². The molecule has 9 heteroatoms. The van der Waals surface area contributed by atoms with Crippen molar-refractivity contribution in [2.24, 2.45) is 0 Å². The zero-order valence-corrected chi connectivity index (χ0v) is 17.2. The number of sulfonamides is 1. The lowest BCUT2D eigenvalue weighted by atomic mass is 10.0. The summed E-state index contributed by atoms with van der Waals surface area (Å²) >= 11 is 0. The third kappa shape index (κ3) is 4.50. The number of aromatic nitrogens is 2. The predicted octanol–water partition coefficient (Wildman–Crippen LogP) is 1.05. The van der Waals surface area contributed by atoms with Gasteiger partial charge in [0.2, 0.25) is 15.9 Å². The number of hydrogen-bond acceptors (Lipinski definition) is 6. The zero-order valence-electron chi connectivity index (χ0n) is 16.4. The van der Waals surface area contributed by atoms with Crippen LogP contribution < -0.4 is 4.90 Å². The molecule has 146 valence electrons. The van der Waals surface area contributed by atoms with E-state index in [2.05, 4.69) is 9.97 Å². The summed E-state index contributed by atoms with van der Waals surface area (Å²) in [5.41, 5.74) is 0.789. The van der Waals surface area contributed by atoms with Gasteiger partial charge in [-0.05, 0) is 20.8 Å². The highest BCUT2D eigenvalue weighted by molar-refractivity contribution is 7.89. The molecule has 1 saturated heterocycles. The smallest absolute Gasteiger partial charge is 0.223 e. The number of amides is 1. The summed E-state index contributed by atoms with van der Waals surface area (Å²) in [5, 5.41) is 0. The summed E-state index contributed by atoms with van der Waals surface area (Å²) in [4.78, 5) is 25.0. The maximum absolute atomic E-state index is 12.2. The van der Waals surface area contributed by atoms with Crippen LogP contribution in [0.15, 0.2) is 6.07 Å². The van der Waals surface area contributed by atoms with E-state index in [0.29, 0.717) is 24.6 Å². The first-order valence-corrected chi connectivity index (χ1v) is 10.4. The van der Waals surface area contributed by atoms with E-state index in [1.165, 1.54) is 11.4 Å². The number of carbonyl (C=O) groups is 1. The van der Waals surface area contributed by atoms with Crippen LogP contribution in [0.2, 0.25) is 0 Å². The Bertz CT molecular complexity index is 764. The topological polar surface area (TPSA) is 86.7 Å². The van der Waals surface area contributed by atoms with Gasteiger partial charge in [0.25, 0.3) is 0 Å². The molecule has 0 aromatic carbocycles. The Labute approximate surface area is 156 Å². The fraction of sp³-hybridized carbons (Fsp3) is 0.706. The third-order valence-corrected chi connectivity index (χ3v) is 6.45. The molecule has 0 bridgehead atoms. The molecular weight excluding hydrogens is 354 g/mol. The Hall–Kier alpha value is -1.74. The summed E-state index contributed by atoms with van der Waals surface area (Å²) in [7, 11) is 1.97. The third-order valence-electron chi connectivity index (χ3n) is 4.64. The molecule has 0 unspecified atom stereocenters. The molecule has 1 aliphatic heterocycles. The Morgan fingerprint density at radius 2 is 1.92 bits per heavy atom. The van der Waals surface area contributed by atoms with Gasteiger partial charge < -0.3 is 9.80 Å². The van der Waals surface area contributed by atoms with Gasteiger partial charge in [0.1, 0.15) is 11.6 Å². The van der Waals surface area contributed by atoms with Crippen LogP contribution >= 0.6 is 0 Å². The lowest BCUT2D eigenvalue weighted by molar-refractivity contribution is -0.129. The fourth-order valence-electron chi connectivity index (χ4n) is 2.96. The molecule has 1 aromatic rings. The van der Waals surface area contributed by atoms with Crippen molar-refractivity contribution in [3.05, 3.63) is 17.6 Å². The first-order valence-electron chi connectivity index (χ1n) is 8.83. The van der Waals surface area contributed by atoms with Gasteiger partial charge in [0.15, 0.2) is 0 Å². The van der Waals surface area contributed by atoms with Gasteiger partial charge in [-0.25, -0.2) is 18.4 Å². The van der Waals surface area contributed by atoms with E-state index in [4.69, 9.17) is 0 Å². The van der Waals surface area contributed by atoms with Gasteiger partial charge in [-0.15, -0.1) is 0 Å². The van der Waals surface area contributed by atoms with Crippen molar-refractivity contribution < 1.29 is 13.2 Å². The van der Waals surface area contributed by atoms with Crippen LogP contribution in [-0.4, -0.2) is 73.0 Å². The van der Waals surface area contributed by atoms with E-state index < -0.39 is 10.0 Å². The van der Waals surface area contributed by atoms with Crippen LogP contribution in [0.25, 0.3) is 0 Å². The molecule has 1 amide bonds. The largest absolute Gasteiger partial charge is 0.363 e. The quantitative estimate of drug-likeness (QED) is 0.699. The van der Waals surface area contributed by atoms with E-state index in [0.717, 1.165) is 5.69 Å².